The number of sulfonamides is 1. The van der Waals surface area contributed by atoms with Crippen molar-refractivity contribution in [3.63, 3.8) is 0 Å². The van der Waals surface area contributed by atoms with Crippen molar-refractivity contribution in [1.82, 2.24) is 9.71 Å². The molecule has 0 radical (unpaired) electrons. The summed E-state index contributed by atoms with van der Waals surface area (Å²) >= 11 is 0. The number of H-pyrrole nitrogens is 1. The highest BCUT2D eigenvalue weighted by Crippen LogP contribution is 2.22. The van der Waals surface area contributed by atoms with Gasteiger partial charge in [-0.2, -0.15) is 0 Å². The number of nitrogens with one attached hydrogen (secondary N) is 2. The Hall–Kier alpha value is -2.19. The quantitative estimate of drug-likeness (QED) is 0.647. The minimum Gasteiger partial charge on any atom is -0.367 e. The summed E-state index contributed by atoms with van der Waals surface area (Å²) in [6.45, 7) is 1.68. The summed E-state index contributed by atoms with van der Waals surface area (Å²) in [5.41, 5.74) is 0.976. The summed E-state index contributed by atoms with van der Waals surface area (Å²) in [6.07, 6.45) is 3.35. The summed E-state index contributed by atoms with van der Waals surface area (Å²) in [4.78, 5) is 12.9. The van der Waals surface area contributed by atoms with E-state index in [4.69, 9.17) is 0 Å². The molecule has 0 saturated carbocycles. The summed E-state index contributed by atoms with van der Waals surface area (Å²) in [6, 6.07) is 5.57. The first kappa shape index (κ1) is 14.2. The van der Waals surface area contributed by atoms with Crippen LogP contribution in [-0.4, -0.2) is 18.3 Å². The van der Waals surface area contributed by atoms with E-state index in [9.17, 15) is 18.5 Å². The predicted octanol–water partition coefficient (Wildman–Crippen LogP) is 1.71. The smallest absolute Gasteiger partial charge is 0.273 e. The highest BCUT2D eigenvalue weighted by molar-refractivity contribution is 7.89. The van der Waals surface area contributed by atoms with Crippen LogP contribution in [0.15, 0.2) is 41.6 Å². The van der Waals surface area contributed by atoms with Crippen LogP contribution in [0.1, 0.15) is 11.1 Å². The first-order chi connectivity index (χ1) is 9.40. The Labute approximate surface area is 115 Å². The highest BCUT2D eigenvalue weighted by atomic mass is 32.2. The number of nitrogens with zero attached hydrogens (tertiary/aromatic N) is 1. The zero-order valence-corrected chi connectivity index (χ0v) is 11.5. The van der Waals surface area contributed by atoms with Crippen LogP contribution < -0.4 is 4.72 Å². The molecule has 0 aliphatic carbocycles. The first-order valence-electron chi connectivity index (χ1n) is 5.76. The second-order valence-electron chi connectivity index (χ2n) is 4.25. The lowest BCUT2D eigenvalue weighted by Crippen LogP contribution is -2.23. The number of hydrogen-bond donors (Lipinski definition) is 2. The highest BCUT2D eigenvalue weighted by Gasteiger charge is 2.19. The molecule has 20 heavy (non-hydrogen) atoms. The van der Waals surface area contributed by atoms with Crippen molar-refractivity contribution in [3.8, 4) is 0 Å². The number of rotatable bonds is 5. The number of benzene rings is 1. The molecule has 0 fully saturated rings. The minimum atomic E-state index is -3.78. The van der Waals surface area contributed by atoms with E-state index < -0.39 is 14.9 Å². The molecule has 0 bridgehead atoms. The van der Waals surface area contributed by atoms with Crippen molar-refractivity contribution in [3.05, 3.63) is 57.9 Å². The van der Waals surface area contributed by atoms with Crippen LogP contribution in [0.5, 0.6) is 0 Å². The Morgan fingerprint density at radius 2 is 2.10 bits per heavy atom. The molecular formula is C12H13N3O4S. The van der Waals surface area contributed by atoms with Gasteiger partial charge in [-0.1, -0.05) is 6.07 Å². The third-order valence-electron chi connectivity index (χ3n) is 2.82. The fourth-order valence-electron chi connectivity index (χ4n) is 1.68. The molecular weight excluding hydrogens is 282 g/mol. The largest absolute Gasteiger partial charge is 0.367 e. The van der Waals surface area contributed by atoms with Gasteiger partial charge in [0.2, 0.25) is 10.0 Å². The third kappa shape index (κ3) is 3.03. The topological polar surface area (TPSA) is 105 Å². The molecule has 0 saturated heterocycles. The number of aromatic nitrogens is 1. The van der Waals surface area contributed by atoms with Crippen LogP contribution in [0.4, 0.5) is 5.69 Å². The van der Waals surface area contributed by atoms with Crippen molar-refractivity contribution < 1.29 is 13.3 Å². The minimum absolute atomic E-state index is 0.119. The monoisotopic (exact) mass is 295 g/mol. The summed E-state index contributed by atoms with van der Waals surface area (Å²) < 4.78 is 26.5. The zero-order valence-electron chi connectivity index (χ0n) is 10.7. The molecule has 7 nitrogen and oxygen atoms in total. The summed E-state index contributed by atoms with van der Waals surface area (Å²) in [5.74, 6) is 0. The Morgan fingerprint density at radius 1 is 1.35 bits per heavy atom. The van der Waals surface area contributed by atoms with Crippen molar-refractivity contribution in [1.29, 1.82) is 0 Å². The molecule has 8 heteroatoms. The van der Waals surface area contributed by atoms with E-state index >= 15 is 0 Å². The van der Waals surface area contributed by atoms with Gasteiger partial charge in [0, 0.05) is 30.6 Å². The molecule has 2 rings (SSSR count). The lowest BCUT2D eigenvalue weighted by molar-refractivity contribution is -0.385. The van der Waals surface area contributed by atoms with Crippen LogP contribution in [0.3, 0.4) is 0 Å². The number of nitro groups is 1. The fraction of sp³-hybridized carbons (Fsp3) is 0.167. The standard InChI is InChI=1S/C12H13N3O4S/c1-9-2-3-11(6-12(9)15(16)17)20(18,19)14-8-10-4-5-13-7-10/h2-7,13-14H,8H2,1H3. The van der Waals surface area contributed by atoms with Gasteiger partial charge >= 0.3 is 0 Å². The number of aryl methyl sites for hydroxylation is 1. The SMILES string of the molecule is Cc1ccc(S(=O)(=O)NCc2cc[nH]c2)cc1[N+](=O)[O-]. The van der Waals surface area contributed by atoms with Gasteiger partial charge in [-0.05, 0) is 24.6 Å². The van der Waals surface area contributed by atoms with E-state index in [1.54, 1.807) is 25.4 Å². The van der Waals surface area contributed by atoms with Gasteiger partial charge in [-0.15, -0.1) is 0 Å². The van der Waals surface area contributed by atoms with E-state index in [0.717, 1.165) is 11.6 Å². The number of aromatic amines is 1. The van der Waals surface area contributed by atoms with E-state index in [-0.39, 0.29) is 17.1 Å². The van der Waals surface area contributed by atoms with Crippen LogP contribution in [-0.2, 0) is 16.6 Å². The van der Waals surface area contributed by atoms with E-state index in [1.807, 2.05) is 0 Å². The molecule has 2 aromatic rings. The van der Waals surface area contributed by atoms with Gasteiger partial charge in [0.25, 0.3) is 5.69 Å². The van der Waals surface area contributed by atoms with Crippen LogP contribution >= 0.6 is 0 Å². The average Bonchev–Trinajstić information content (AvgIpc) is 2.89. The number of hydrogen-bond acceptors (Lipinski definition) is 4. The molecule has 0 amide bonds. The maximum Gasteiger partial charge on any atom is 0.273 e. The van der Waals surface area contributed by atoms with E-state index in [2.05, 4.69) is 9.71 Å². The number of nitro benzene ring substituents is 1. The van der Waals surface area contributed by atoms with Crippen LogP contribution in [0.2, 0.25) is 0 Å². The fourth-order valence-corrected chi connectivity index (χ4v) is 2.72. The summed E-state index contributed by atoms with van der Waals surface area (Å²) in [7, 11) is -3.78. The van der Waals surface area contributed by atoms with Gasteiger partial charge in [0.1, 0.15) is 0 Å². The maximum atomic E-state index is 12.1. The Morgan fingerprint density at radius 3 is 2.70 bits per heavy atom. The second kappa shape index (κ2) is 5.43. The van der Waals surface area contributed by atoms with Crippen LogP contribution in [0, 0.1) is 17.0 Å². The average molecular weight is 295 g/mol. The van der Waals surface area contributed by atoms with Crippen molar-refractivity contribution >= 4 is 15.7 Å². The Balaban J connectivity index is 2.25. The van der Waals surface area contributed by atoms with Gasteiger partial charge < -0.3 is 4.98 Å². The van der Waals surface area contributed by atoms with Crippen molar-refractivity contribution in [2.45, 2.75) is 18.4 Å². The second-order valence-corrected chi connectivity index (χ2v) is 6.02. The predicted molar refractivity (Wildman–Crippen MR) is 72.7 cm³/mol. The molecule has 0 aliphatic heterocycles. The third-order valence-corrected chi connectivity index (χ3v) is 4.22. The van der Waals surface area contributed by atoms with Gasteiger partial charge in [0.15, 0.2) is 0 Å². The zero-order chi connectivity index (χ0) is 14.8. The molecule has 0 spiro atoms. The Bertz CT molecular complexity index is 723. The molecule has 2 N–H and O–H groups in total. The molecule has 1 aromatic heterocycles. The van der Waals surface area contributed by atoms with Crippen LogP contribution in [0.25, 0.3) is 0 Å². The molecule has 106 valence electrons. The lowest BCUT2D eigenvalue weighted by Gasteiger charge is -2.06. The molecule has 0 atom stereocenters. The first-order valence-corrected chi connectivity index (χ1v) is 7.25. The lowest BCUT2D eigenvalue weighted by atomic mass is 10.2. The Kier molecular flexibility index (Phi) is 3.86. The van der Waals surface area contributed by atoms with E-state index in [0.29, 0.717) is 5.56 Å². The van der Waals surface area contributed by atoms with Crippen molar-refractivity contribution in [2.75, 3.05) is 0 Å². The summed E-state index contributed by atoms with van der Waals surface area (Å²) in [5, 5.41) is 10.8. The van der Waals surface area contributed by atoms with E-state index in [1.165, 1.54) is 12.1 Å². The van der Waals surface area contributed by atoms with Crippen molar-refractivity contribution in [2.24, 2.45) is 0 Å². The molecule has 0 aliphatic rings. The van der Waals surface area contributed by atoms with Gasteiger partial charge in [0.05, 0.1) is 9.82 Å². The maximum absolute atomic E-state index is 12.1. The van der Waals surface area contributed by atoms with Gasteiger partial charge in [-0.25, -0.2) is 13.1 Å². The molecule has 1 heterocycles. The molecule has 0 unspecified atom stereocenters. The normalized spacial score (nSPS) is 11.4. The van der Waals surface area contributed by atoms with Gasteiger partial charge in [-0.3, -0.25) is 10.1 Å². The molecule has 1 aromatic carbocycles.